The summed E-state index contributed by atoms with van der Waals surface area (Å²) in [6.07, 6.45) is 3.53. The van der Waals surface area contributed by atoms with Gasteiger partial charge in [-0.2, -0.15) is 0 Å². The van der Waals surface area contributed by atoms with Crippen molar-refractivity contribution in [2.24, 2.45) is 0 Å². The lowest BCUT2D eigenvalue weighted by Crippen LogP contribution is -1.87. The van der Waals surface area contributed by atoms with E-state index in [1.165, 1.54) is 5.56 Å². The Bertz CT molecular complexity index is 415. The molecule has 0 radical (unpaired) electrons. The molecule has 0 saturated heterocycles. The van der Waals surface area contributed by atoms with Crippen LogP contribution in [0.4, 0.5) is 0 Å². The van der Waals surface area contributed by atoms with Crippen LogP contribution in [0.5, 0.6) is 0 Å². The highest BCUT2D eigenvalue weighted by Crippen LogP contribution is 2.16. The first-order valence-electron chi connectivity index (χ1n) is 4.32. The van der Waals surface area contributed by atoms with Crippen molar-refractivity contribution in [3.63, 3.8) is 0 Å². The monoisotopic (exact) mass is 296 g/mol. The lowest BCUT2D eigenvalue weighted by Gasteiger charge is -2.00. The average molecular weight is 296 g/mol. The van der Waals surface area contributed by atoms with Crippen LogP contribution in [0, 0.1) is 0 Å². The minimum atomic E-state index is 0.791. The molecule has 0 saturated carbocycles. The summed E-state index contributed by atoms with van der Waals surface area (Å²) in [6.45, 7) is 0. The number of rotatable bonds is 2. The van der Waals surface area contributed by atoms with Gasteiger partial charge in [-0.1, -0.05) is 40.8 Å². The summed E-state index contributed by atoms with van der Waals surface area (Å²) in [7, 11) is 0. The third kappa shape index (κ3) is 2.09. The number of hydrogen-bond donors (Lipinski definition) is 0. The second kappa shape index (κ2) is 4.50. The van der Waals surface area contributed by atoms with E-state index in [2.05, 4.69) is 44.7 Å². The predicted octanol–water partition coefficient (Wildman–Crippen LogP) is 3.08. The van der Waals surface area contributed by atoms with Crippen LogP contribution in [-0.2, 0) is 4.43 Å². The maximum atomic E-state index is 4.21. The predicted molar refractivity (Wildman–Crippen MR) is 65.2 cm³/mol. The first kappa shape index (κ1) is 9.58. The summed E-state index contributed by atoms with van der Waals surface area (Å²) in [6, 6.07) is 10.1. The molecule has 1 heterocycles. The molecule has 0 bridgehead atoms. The third-order valence-electron chi connectivity index (χ3n) is 1.91. The van der Waals surface area contributed by atoms with Crippen LogP contribution < -0.4 is 0 Å². The molecule has 0 N–H and O–H groups in total. The van der Waals surface area contributed by atoms with Crippen molar-refractivity contribution < 1.29 is 0 Å². The Labute approximate surface area is 96.6 Å². The van der Waals surface area contributed by atoms with Gasteiger partial charge in [0.25, 0.3) is 0 Å². The molecular formula is C11H9IN2. The van der Waals surface area contributed by atoms with Crippen LogP contribution in [0.2, 0.25) is 0 Å². The van der Waals surface area contributed by atoms with E-state index in [4.69, 9.17) is 0 Å². The van der Waals surface area contributed by atoms with E-state index in [0.717, 1.165) is 15.8 Å². The largest absolute Gasteiger partial charge is 0.237 e. The van der Waals surface area contributed by atoms with Crippen LogP contribution in [0.3, 0.4) is 0 Å². The molecule has 0 amide bonds. The minimum Gasteiger partial charge on any atom is -0.237 e. The molecule has 70 valence electrons. The lowest BCUT2D eigenvalue weighted by atomic mass is 10.1. The number of alkyl halides is 1. The summed E-state index contributed by atoms with van der Waals surface area (Å²) >= 11 is 2.35. The average Bonchev–Trinajstić information content (AvgIpc) is 2.30. The fourth-order valence-corrected chi connectivity index (χ4v) is 1.72. The van der Waals surface area contributed by atoms with Gasteiger partial charge >= 0.3 is 0 Å². The van der Waals surface area contributed by atoms with Crippen molar-refractivity contribution in [1.29, 1.82) is 0 Å². The molecule has 0 aliphatic heterocycles. The molecule has 2 rings (SSSR count). The van der Waals surface area contributed by atoms with Gasteiger partial charge < -0.3 is 0 Å². The Hall–Kier alpha value is -0.970. The van der Waals surface area contributed by atoms with Crippen molar-refractivity contribution in [2.45, 2.75) is 4.43 Å². The van der Waals surface area contributed by atoms with Crippen molar-refractivity contribution in [2.75, 3.05) is 0 Å². The Morgan fingerprint density at radius 1 is 1.07 bits per heavy atom. The molecule has 2 nitrogen and oxygen atoms in total. The van der Waals surface area contributed by atoms with E-state index < -0.39 is 0 Å². The smallest absolute Gasteiger partial charge is 0.159 e. The molecule has 0 unspecified atom stereocenters. The fourth-order valence-electron chi connectivity index (χ4n) is 1.24. The molecule has 0 aliphatic rings. The summed E-state index contributed by atoms with van der Waals surface area (Å²) in [5.41, 5.74) is 2.38. The highest BCUT2D eigenvalue weighted by atomic mass is 127. The van der Waals surface area contributed by atoms with Gasteiger partial charge in [0.2, 0.25) is 0 Å². The van der Waals surface area contributed by atoms with Gasteiger partial charge in [0, 0.05) is 22.4 Å². The standard InChI is InChI=1S/C11H9IN2/c12-8-9-3-1-4-10(7-9)11-13-5-2-6-14-11/h1-7H,8H2. The molecule has 3 heteroatoms. The fraction of sp³-hybridized carbons (Fsp3) is 0.0909. The molecule has 1 aromatic carbocycles. The van der Waals surface area contributed by atoms with Gasteiger partial charge in [0.1, 0.15) is 0 Å². The van der Waals surface area contributed by atoms with Gasteiger partial charge in [0.05, 0.1) is 0 Å². The number of aromatic nitrogens is 2. The highest BCUT2D eigenvalue weighted by molar-refractivity contribution is 14.1. The molecular weight excluding hydrogens is 287 g/mol. The zero-order valence-corrected chi connectivity index (χ0v) is 9.68. The van der Waals surface area contributed by atoms with Crippen LogP contribution >= 0.6 is 22.6 Å². The number of benzene rings is 1. The van der Waals surface area contributed by atoms with E-state index in [1.807, 2.05) is 18.2 Å². The highest BCUT2D eigenvalue weighted by Gasteiger charge is 1.99. The Morgan fingerprint density at radius 3 is 2.57 bits per heavy atom. The summed E-state index contributed by atoms with van der Waals surface area (Å²) in [5.74, 6) is 0.791. The van der Waals surface area contributed by atoms with Gasteiger partial charge in [-0.15, -0.1) is 0 Å². The van der Waals surface area contributed by atoms with Crippen molar-refractivity contribution in [1.82, 2.24) is 9.97 Å². The number of nitrogens with zero attached hydrogens (tertiary/aromatic N) is 2. The lowest BCUT2D eigenvalue weighted by molar-refractivity contribution is 1.17. The summed E-state index contributed by atoms with van der Waals surface area (Å²) < 4.78 is 1.01. The van der Waals surface area contributed by atoms with Gasteiger partial charge in [-0.05, 0) is 17.7 Å². The molecule has 14 heavy (non-hydrogen) atoms. The Balaban J connectivity index is 2.42. The quantitative estimate of drug-likeness (QED) is 0.628. The van der Waals surface area contributed by atoms with Crippen LogP contribution in [-0.4, -0.2) is 9.97 Å². The van der Waals surface area contributed by atoms with E-state index in [-0.39, 0.29) is 0 Å². The topological polar surface area (TPSA) is 25.8 Å². The van der Waals surface area contributed by atoms with Crippen LogP contribution in [0.15, 0.2) is 42.7 Å². The van der Waals surface area contributed by atoms with E-state index in [1.54, 1.807) is 12.4 Å². The Morgan fingerprint density at radius 2 is 1.86 bits per heavy atom. The normalized spacial score (nSPS) is 10.1. The van der Waals surface area contributed by atoms with Gasteiger partial charge in [-0.25, -0.2) is 9.97 Å². The zero-order chi connectivity index (χ0) is 9.80. The first-order valence-corrected chi connectivity index (χ1v) is 5.85. The summed E-state index contributed by atoms with van der Waals surface area (Å²) in [5, 5.41) is 0. The van der Waals surface area contributed by atoms with Crippen molar-refractivity contribution in [3.8, 4) is 11.4 Å². The van der Waals surface area contributed by atoms with Gasteiger partial charge in [-0.3, -0.25) is 0 Å². The maximum Gasteiger partial charge on any atom is 0.159 e. The number of hydrogen-bond acceptors (Lipinski definition) is 2. The van der Waals surface area contributed by atoms with Crippen molar-refractivity contribution in [3.05, 3.63) is 48.3 Å². The second-order valence-corrected chi connectivity index (χ2v) is 3.67. The van der Waals surface area contributed by atoms with E-state index >= 15 is 0 Å². The van der Waals surface area contributed by atoms with Crippen molar-refractivity contribution >= 4 is 22.6 Å². The summed E-state index contributed by atoms with van der Waals surface area (Å²) in [4.78, 5) is 8.42. The molecule has 1 aromatic heterocycles. The van der Waals surface area contributed by atoms with Crippen LogP contribution in [0.25, 0.3) is 11.4 Å². The van der Waals surface area contributed by atoms with Gasteiger partial charge in [0.15, 0.2) is 5.82 Å². The van der Waals surface area contributed by atoms with Crippen LogP contribution in [0.1, 0.15) is 5.56 Å². The molecule has 0 spiro atoms. The molecule has 0 fully saturated rings. The zero-order valence-electron chi connectivity index (χ0n) is 7.52. The maximum absolute atomic E-state index is 4.21. The third-order valence-corrected chi connectivity index (χ3v) is 2.79. The molecule has 0 atom stereocenters. The van der Waals surface area contributed by atoms with E-state index in [9.17, 15) is 0 Å². The van der Waals surface area contributed by atoms with E-state index in [0.29, 0.717) is 0 Å². The molecule has 0 aliphatic carbocycles. The first-order chi connectivity index (χ1) is 6.90. The Kier molecular flexibility index (Phi) is 3.08. The molecule has 2 aromatic rings. The number of halogens is 1. The minimum absolute atomic E-state index is 0.791. The second-order valence-electron chi connectivity index (χ2n) is 2.91. The SMILES string of the molecule is ICc1cccc(-c2ncccn2)c1.